The standard InChI is InChI=1S/C21H20N2O5/c1-13(24)22-14-4-6-15(7-5-14)28-16-8-9-18-19(11-16)21(26)23(20(18)25)12-17-3-2-10-27-17/h4-9,11,17H,2-3,10,12H2,1H3,(H,22,24). The van der Waals surface area contributed by atoms with E-state index in [9.17, 15) is 14.4 Å². The van der Waals surface area contributed by atoms with Crippen molar-refractivity contribution in [3.8, 4) is 11.5 Å². The zero-order valence-corrected chi connectivity index (χ0v) is 15.4. The minimum atomic E-state index is -0.318. The van der Waals surface area contributed by atoms with E-state index in [4.69, 9.17) is 9.47 Å². The molecule has 1 atom stereocenters. The van der Waals surface area contributed by atoms with E-state index in [1.54, 1.807) is 42.5 Å². The maximum absolute atomic E-state index is 12.7. The van der Waals surface area contributed by atoms with Gasteiger partial charge in [0.05, 0.1) is 23.8 Å². The van der Waals surface area contributed by atoms with Gasteiger partial charge in [-0.2, -0.15) is 0 Å². The van der Waals surface area contributed by atoms with Crippen LogP contribution in [0.3, 0.4) is 0 Å². The number of benzene rings is 2. The molecule has 0 aliphatic carbocycles. The molecule has 3 amide bonds. The van der Waals surface area contributed by atoms with Gasteiger partial charge in [-0.25, -0.2) is 0 Å². The number of rotatable bonds is 5. The Balaban J connectivity index is 1.49. The second kappa shape index (κ2) is 7.44. The van der Waals surface area contributed by atoms with Crippen LogP contribution in [0, 0.1) is 0 Å². The minimum absolute atomic E-state index is 0.0833. The van der Waals surface area contributed by atoms with Gasteiger partial charge in [-0.1, -0.05) is 0 Å². The molecule has 0 radical (unpaired) electrons. The van der Waals surface area contributed by atoms with E-state index in [2.05, 4.69) is 5.32 Å². The van der Waals surface area contributed by atoms with Crippen molar-refractivity contribution in [2.45, 2.75) is 25.9 Å². The molecule has 2 aromatic carbocycles. The number of nitrogens with zero attached hydrogens (tertiary/aromatic N) is 1. The monoisotopic (exact) mass is 380 g/mol. The lowest BCUT2D eigenvalue weighted by atomic mass is 10.1. The van der Waals surface area contributed by atoms with Gasteiger partial charge in [0.15, 0.2) is 0 Å². The van der Waals surface area contributed by atoms with Gasteiger partial charge in [0.2, 0.25) is 5.91 Å². The molecule has 144 valence electrons. The molecule has 0 bridgehead atoms. The second-order valence-electron chi connectivity index (χ2n) is 6.87. The maximum atomic E-state index is 12.7. The average Bonchev–Trinajstić information content (AvgIpc) is 3.26. The van der Waals surface area contributed by atoms with Gasteiger partial charge in [-0.15, -0.1) is 0 Å². The van der Waals surface area contributed by atoms with E-state index in [0.717, 1.165) is 12.8 Å². The van der Waals surface area contributed by atoms with Crippen LogP contribution in [0.4, 0.5) is 5.69 Å². The largest absolute Gasteiger partial charge is 0.457 e. The Morgan fingerprint density at radius 2 is 1.82 bits per heavy atom. The molecule has 2 aromatic rings. The number of hydrogen-bond acceptors (Lipinski definition) is 5. The Labute approximate surface area is 162 Å². The summed E-state index contributed by atoms with van der Waals surface area (Å²) >= 11 is 0. The average molecular weight is 380 g/mol. The number of carbonyl (C=O) groups excluding carboxylic acids is 3. The third-order valence-electron chi connectivity index (χ3n) is 4.76. The van der Waals surface area contributed by atoms with Crippen LogP contribution < -0.4 is 10.1 Å². The van der Waals surface area contributed by atoms with Crippen LogP contribution >= 0.6 is 0 Å². The zero-order valence-electron chi connectivity index (χ0n) is 15.4. The Hall–Kier alpha value is -3.19. The number of imide groups is 1. The van der Waals surface area contributed by atoms with Gasteiger partial charge in [0.25, 0.3) is 11.8 Å². The molecule has 0 spiro atoms. The SMILES string of the molecule is CC(=O)Nc1ccc(Oc2ccc3c(c2)C(=O)N(CC2CCCO2)C3=O)cc1. The van der Waals surface area contributed by atoms with Gasteiger partial charge in [-0.3, -0.25) is 19.3 Å². The van der Waals surface area contributed by atoms with Crippen molar-refractivity contribution in [3.63, 3.8) is 0 Å². The van der Waals surface area contributed by atoms with Crippen LogP contribution in [0.5, 0.6) is 11.5 Å². The zero-order chi connectivity index (χ0) is 19.7. The van der Waals surface area contributed by atoms with Gasteiger partial charge in [0, 0.05) is 19.2 Å². The molecular formula is C21H20N2O5. The number of anilines is 1. The molecule has 0 aromatic heterocycles. The summed E-state index contributed by atoms with van der Waals surface area (Å²) in [6, 6.07) is 11.8. The Morgan fingerprint density at radius 1 is 1.11 bits per heavy atom. The molecule has 1 unspecified atom stereocenters. The Morgan fingerprint density at radius 3 is 2.50 bits per heavy atom. The van der Waals surface area contributed by atoms with E-state index in [0.29, 0.717) is 34.9 Å². The number of hydrogen-bond donors (Lipinski definition) is 1. The van der Waals surface area contributed by atoms with Crippen molar-refractivity contribution in [3.05, 3.63) is 53.6 Å². The van der Waals surface area contributed by atoms with Crippen LogP contribution in [0.25, 0.3) is 0 Å². The number of nitrogens with one attached hydrogen (secondary N) is 1. The highest BCUT2D eigenvalue weighted by atomic mass is 16.5. The van der Waals surface area contributed by atoms with E-state index < -0.39 is 0 Å². The highest BCUT2D eigenvalue weighted by Gasteiger charge is 2.37. The summed E-state index contributed by atoms with van der Waals surface area (Å²) in [5.74, 6) is 0.264. The molecule has 7 heteroatoms. The molecule has 28 heavy (non-hydrogen) atoms. The topological polar surface area (TPSA) is 84.9 Å². The van der Waals surface area contributed by atoms with Gasteiger partial charge in [-0.05, 0) is 55.3 Å². The fourth-order valence-electron chi connectivity index (χ4n) is 3.44. The van der Waals surface area contributed by atoms with Crippen molar-refractivity contribution in [2.75, 3.05) is 18.5 Å². The summed E-state index contributed by atoms with van der Waals surface area (Å²) in [7, 11) is 0. The second-order valence-corrected chi connectivity index (χ2v) is 6.87. The van der Waals surface area contributed by atoms with Crippen molar-refractivity contribution >= 4 is 23.4 Å². The lowest BCUT2D eigenvalue weighted by Crippen LogP contribution is -2.36. The summed E-state index contributed by atoms with van der Waals surface area (Å²) in [6.45, 7) is 2.40. The predicted molar refractivity (Wildman–Crippen MR) is 102 cm³/mol. The minimum Gasteiger partial charge on any atom is -0.457 e. The number of fused-ring (bicyclic) bond motifs is 1. The number of carbonyl (C=O) groups is 3. The molecule has 2 heterocycles. The van der Waals surface area contributed by atoms with E-state index >= 15 is 0 Å². The summed E-state index contributed by atoms with van der Waals surface area (Å²) < 4.78 is 11.3. The summed E-state index contributed by atoms with van der Waals surface area (Å²) in [6.07, 6.45) is 1.73. The molecule has 2 aliphatic rings. The Kier molecular flexibility index (Phi) is 4.83. The lowest BCUT2D eigenvalue weighted by molar-refractivity contribution is -0.114. The number of amides is 3. The fraction of sp³-hybridized carbons (Fsp3) is 0.286. The molecule has 1 N–H and O–H groups in total. The molecule has 1 saturated heterocycles. The van der Waals surface area contributed by atoms with Crippen LogP contribution in [0.2, 0.25) is 0 Å². The van der Waals surface area contributed by atoms with E-state index in [-0.39, 0.29) is 30.4 Å². The van der Waals surface area contributed by atoms with E-state index in [1.165, 1.54) is 11.8 Å². The van der Waals surface area contributed by atoms with Gasteiger partial charge >= 0.3 is 0 Å². The van der Waals surface area contributed by atoms with Gasteiger partial charge in [0.1, 0.15) is 11.5 Å². The first kappa shape index (κ1) is 18.2. The first-order valence-corrected chi connectivity index (χ1v) is 9.18. The first-order valence-electron chi connectivity index (χ1n) is 9.18. The van der Waals surface area contributed by atoms with Crippen LogP contribution in [0.15, 0.2) is 42.5 Å². The van der Waals surface area contributed by atoms with Crippen LogP contribution in [-0.2, 0) is 9.53 Å². The third-order valence-corrected chi connectivity index (χ3v) is 4.76. The van der Waals surface area contributed by atoms with Gasteiger partial charge < -0.3 is 14.8 Å². The van der Waals surface area contributed by atoms with Crippen LogP contribution in [-0.4, -0.2) is 41.9 Å². The molecule has 7 nitrogen and oxygen atoms in total. The van der Waals surface area contributed by atoms with Crippen molar-refractivity contribution in [2.24, 2.45) is 0 Å². The summed E-state index contributed by atoms with van der Waals surface area (Å²) in [5.41, 5.74) is 1.39. The highest BCUT2D eigenvalue weighted by molar-refractivity contribution is 6.21. The molecule has 2 aliphatic heterocycles. The van der Waals surface area contributed by atoms with Crippen molar-refractivity contribution in [1.82, 2.24) is 4.90 Å². The quantitative estimate of drug-likeness (QED) is 0.805. The smallest absolute Gasteiger partial charge is 0.261 e. The molecular weight excluding hydrogens is 360 g/mol. The normalized spacial score (nSPS) is 18.3. The van der Waals surface area contributed by atoms with Crippen LogP contribution in [0.1, 0.15) is 40.5 Å². The fourth-order valence-corrected chi connectivity index (χ4v) is 3.44. The van der Waals surface area contributed by atoms with Crippen molar-refractivity contribution in [1.29, 1.82) is 0 Å². The number of ether oxygens (including phenoxy) is 2. The lowest BCUT2D eigenvalue weighted by Gasteiger charge is -2.17. The molecule has 1 fully saturated rings. The summed E-state index contributed by atoms with van der Waals surface area (Å²) in [5, 5.41) is 2.68. The highest BCUT2D eigenvalue weighted by Crippen LogP contribution is 2.30. The predicted octanol–water partition coefficient (Wildman–Crippen LogP) is 3.21. The Bertz CT molecular complexity index is 932. The maximum Gasteiger partial charge on any atom is 0.261 e. The van der Waals surface area contributed by atoms with Crippen molar-refractivity contribution < 1.29 is 23.9 Å². The van der Waals surface area contributed by atoms with E-state index in [1.807, 2.05) is 0 Å². The third kappa shape index (κ3) is 3.61. The molecule has 0 saturated carbocycles. The first-order chi connectivity index (χ1) is 13.5. The molecule has 4 rings (SSSR count). The summed E-state index contributed by atoms with van der Waals surface area (Å²) in [4.78, 5) is 37.6.